The van der Waals surface area contributed by atoms with Crippen LogP contribution in [0.2, 0.25) is 0 Å². The molecule has 1 aromatic rings. The van der Waals surface area contributed by atoms with Gasteiger partial charge in [0.2, 0.25) is 11.8 Å². The Balaban J connectivity index is 2.58. The highest BCUT2D eigenvalue weighted by Gasteiger charge is 2.12. The summed E-state index contributed by atoms with van der Waals surface area (Å²) in [7, 11) is 0. The quantitative estimate of drug-likeness (QED) is 0.811. The maximum atomic E-state index is 11.5. The zero-order valence-electron chi connectivity index (χ0n) is 9.32. The first-order valence-corrected chi connectivity index (χ1v) is 5.94. The van der Waals surface area contributed by atoms with E-state index in [-0.39, 0.29) is 18.2 Å². The van der Waals surface area contributed by atoms with Gasteiger partial charge in [-0.1, -0.05) is 13.8 Å². The minimum absolute atomic E-state index is 0.0384. The largest absolute Gasteiger partial charge is 0.369 e. The number of nitrogens with one attached hydrogen (secondary N) is 1. The highest BCUT2D eigenvalue weighted by Crippen LogP contribution is 2.17. The van der Waals surface area contributed by atoms with Gasteiger partial charge >= 0.3 is 0 Å². The van der Waals surface area contributed by atoms with Gasteiger partial charge in [0.1, 0.15) is 0 Å². The number of carbonyl (C=O) groups excluding carboxylic acids is 2. The lowest BCUT2D eigenvalue weighted by Gasteiger charge is -2.06. The third-order valence-electron chi connectivity index (χ3n) is 2.20. The lowest BCUT2D eigenvalue weighted by atomic mass is 10.1. The van der Waals surface area contributed by atoms with Crippen molar-refractivity contribution in [1.29, 1.82) is 0 Å². The Morgan fingerprint density at radius 2 is 2.31 bits per heavy atom. The van der Waals surface area contributed by atoms with E-state index in [1.54, 1.807) is 5.38 Å². The number of primary amides is 1. The van der Waals surface area contributed by atoms with Crippen molar-refractivity contribution in [2.45, 2.75) is 26.7 Å². The molecule has 88 valence electrons. The molecule has 0 unspecified atom stereocenters. The van der Waals surface area contributed by atoms with E-state index < -0.39 is 5.91 Å². The van der Waals surface area contributed by atoms with Crippen LogP contribution in [0, 0.1) is 5.92 Å². The molecule has 3 N–H and O–H groups in total. The lowest BCUT2D eigenvalue weighted by molar-refractivity contribution is -0.119. The highest BCUT2D eigenvalue weighted by atomic mass is 32.1. The number of carbonyl (C=O) groups is 2. The first-order chi connectivity index (χ1) is 7.52. The van der Waals surface area contributed by atoms with E-state index in [9.17, 15) is 9.59 Å². The summed E-state index contributed by atoms with van der Waals surface area (Å²) >= 11 is 1.30. The first kappa shape index (κ1) is 12.6. The second-order valence-corrected chi connectivity index (χ2v) is 4.44. The Labute approximate surface area is 98.1 Å². The summed E-state index contributed by atoms with van der Waals surface area (Å²) in [6, 6.07) is 0. The van der Waals surface area contributed by atoms with Crippen molar-refractivity contribution >= 4 is 28.3 Å². The Hall–Kier alpha value is -1.43. The Morgan fingerprint density at radius 3 is 2.88 bits per heavy atom. The molecule has 1 rings (SSSR count). The summed E-state index contributed by atoms with van der Waals surface area (Å²) in [5, 5.41) is 4.94. The highest BCUT2D eigenvalue weighted by molar-refractivity contribution is 7.13. The molecule has 0 aliphatic rings. The van der Waals surface area contributed by atoms with Crippen LogP contribution in [0.5, 0.6) is 0 Å². The van der Waals surface area contributed by atoms with Gasteiger partial charge < -0.3 is 11.1 Å². The number of aromatic nitrogens is 1. The Morgan fingerprint density at radius 1 is 1.62 bits per heavy atom. The second kappa shape index (κ2) is 5.60. The number of rotatable bonds is 5. The van der Waals surface area contributed by atoms with E-state index in [0.717, 1.165) is 6.42 Å². The third kappa shape index (κ3) is 3.62. The summed E-state index contributed by atoms with van der Waals surface area (Å²) in [6.07, 6.45) is 0.890. The minimum atomic E-state index is -0.426. The van der Waals surface area contributed by atoms with Crippen molar-refractivity contribution in [2.24, 2.45) is 11.7 Å². The van der Waals surface area contributed by atoms with Crippen molar-refractivity contribution in [2.75, 3.05) is 5.32 Å². The van der Waals surface area contributed by atoms with Gasteiger partial charge in [-0.05, 0) is 6.42 Å². The SMILES string of the molecule is CC[C@@H](C)C(=O)Nc1nc(CC(N)=O)cs1. The molecule has 0 saturated heterocycles. The number of hydrogen-bond acceptors (Lipinski definition) is 4. The molecular formula is C10H15N3O2S. The molecule has 0 bridgehead atoms. The van der Waals surface area contributed by atoms with Crippen LogP contribution in [0.4, 0.5) is 5.13 Å². The molecule has 5 nitrogen and oxygen atoms in total. The average molecular weight is 241 g/mol. The molecule has 0 aliphatic carbocycles. The second-order valence-electron chi connectivity index (χ2n) is 3.59. The van der Waals surface area contributed by atoms with Crippen molar-refractivity contribution in [3.63, 3.8) is 0 Å². The van der Waals surface area contributed by atoms with E-state index in [4.69, 9.17) is 5.73 Å². The summed E-state index contributed by atoms with van der Waals surface area (Å²) in [5.74, 6) is -0.518. The molecule has 0 saturated carbocycles. The van der Waals surface area contributed by atoms with E-state index >= 15 is 0 Å². The predicted molar refractivity (Wildman–Crippen MR) is 63.1 cm³/mol. The fourth-order valence-electron chi connectivity index (χ4n) is 1.04. The predicted octanol–water partition coefficient (Wildman–Crippen LogP) is 1.16. The van der Waals surface area contributed by atoms with Gasteiger partial charge in [0, 0.05) is 11.3 Å². The molecule has 0 aliphatic heterocycles. The average Bonchev–Trinajstić information content (AvgIpc) is 2.63. The summed E-state index contributed by atoms with van der Waals surface area (Å²) in [4.78, 5) is 26.3. The number of anilines is 1. The molecule has 16 heavy (non-hydrogen) atoms. The van der Waals surface area contributed by atoms with Crippen LogP contribution in [0.1, 0.15) is 26.0 Å². The van der Waals surface area contributed by atoms with E-state index in [0.29, 0.717) is 10.8 Å². The van der Waals surface area contributed by atoms with Crippen molar-refractivity contribution in [3.05, 3.63) is 11.1 Å². The van der Waals surface area contributed by atoms with Crippen molar-refractivity contribution in [1.82, 2.24) is 4.98 Å². The van der Waals surface area contributed by atoms with Crippen LogP contribution in [-0.4, -0.2) is 16.8 Å². The van der Waals surface area contributed by atoms with Gasteiger partial charge in [0.25, 0.3) is 0 Å². The van der Waals surface area contributed by atoms with Gasteiger partial charge in [0.15, 0.2) is 5.13 Å². The number of nitrogens with zero attached hydrogens (tertiary/aromatic N) is 1. The molecule has 0 spiro atoms. The van der Waals surface area contributed by atoms with Crippen LogP contribution in [0.3, 0.4) is 0 Å². The fraction of sp³-hybridized carbons (Fsp3) is 0.500. The van der Waals surface area contributed by atoms with Gasteiger partial charge in [-0.25, -0.2) is 4.98 Å². The van der Waals surface area contributed by atoms with E-state index in [2.05, 4.69) is 10.3 Å². The fourth-order valence-corrected chi connectivity index (χ4v) is 1.75. The molecule has 1 atom stereocenters. The van der Waals surface area contributed by atoms with Crippen LogP contribution in [-0.2, 0) is 16.0 Å². The molecule has 1 heterocycles. The van der Waals surface area contributed by atoms with E-state index in [1.807, 2.05) is 13.8 Å². The number of amides is 2. The maximum Gasteiger partial charge on any atom is 0.228 e. The Kier molecular flexibility index (Phi) is 4.42. The molecule has 2 amide bonds. The molecule has 6 heteroatoms. The Bertz CT molecular complexity index is 389. The van der Waals surface area contributed by atoms with Gasteiger partial charge in [-0.3, -0.25) is 9.59 Å². The van der Waals surface area contributed by atoms with Crippen LogP contribution in [0.25, 0.3) is 0 Å². The first-order valence-electron chi connectivity index (χ1n) is 5.06. The lowest BCUT2D eigenvalue weighted by Crippen LogP contribution is -2.19. The van der Waals surface area contributed by atoms with Crippen molar-refractivity contribution in [3.8, 4) is 0 Å². The molecular weight excluding hydrogens is 226 g/mol. The summed E-state index contributed by atoms with van der Waals surface area (Å²) < 4.78 is 0. The smallest absolute Gasteiger partial charge is 0.228 e. The number of nitrogens with two attached hydrogens (primary N) is 1. The monoisotopic (exact) mass is 241 g/mol. The third-order valence-corrected chi connectivity index (χ3v) is 3.00. The molecule has 1 aromatic heterocycles. The normalized spacial score (nSPS) is 12.1. The van der Waals surface area contributed by atoms with Gasteiger partial charge in [0.05, 0.1) is 12.1 Å². The van der Waals surface area contributed by atoms with Crippen LogP contribution in [0.15, 0.2) is 5.38 Å². The summed E-state index contributed by atoms with van der Waals surface area (Å²) in [6.45, 7) is 3.80. The van der Waals surface area contributed by atoms with Gasteiger partial charge in [-0.15, -0.1) is 11.3 Å². The number of thiazole rings is 1. The minimum Gasteiger partial charge on any atom is -0.369 e. The molecule has 0 radical (unpaired) electrons. The topological polar surface area (TPSA) is 85.1 Å². The summed E-state index contributed by atoms with van der Waals surface area (Å²) in [5.41, 5.74) is 5.64. The van der Waals surface area contributed by atoms with Crippen LogP contribution < -0.4 is 11.1 Å². The zero-order valence-corrected chi connectivity index (χ0v) is 10.1. The molecule has 0 fully saturated rings. The van der Waals surface area contributed by atoms with E-state index in [1.165, 1.54) is 11.3 Å². The van der Waals surface area contributed by atoms with Crippen molar-refractivity contribution < 1.29 is 9.59 Å². The zero-order chi connectivity index (χ0) is 12.1. The standard InChI is InChI=1S/C10H15N3O2S/c1-3-6(2)9(15)13-10-12-7(5-16-10)4-8(11)14/h5-6H,3-4H2,1-2H3,(H2,11,14)(H,12,13,15)/t6-/m1/s1. The maximum absolute atomic E-state index is 11.5. The number of hydrogen-bond donors (Lipinski definition) is 2. The van der Waals surface area contributed by atoms with Gasteiger partial charge in [-0.2, -0.15) is 0 Å². The van der Waals surface area contributed by atoms with Crippen LogP contribution >= 0.6 is 11.3 Å². The molecule has 0 aromatic carbocycles.